The van der Waals surface area contributed by atoms with Crippen LogP contribution in [0.15, 0.2) is 24.5 Å². The quantitative estimate of drug-likeness (QED) is 0.569. The third kappa shape index (κ3) is 5.96. The number of nitrogens with one attached hydrogen (secondary N) is 1. The molecule has 1 aromatic carbocycles. The minimum absolute atomic E-state index is 0.147. The molecule has 1 aromatic heterocycles. The van der Waals surface area contributed by atoms with Crippen LogP contribution in [0.1, 0.15) is 43.7 Å². The fourth-order valence-electron chi connectivity index (χ4n) is 4.82. The molecule has 1 aliphatic carbocycles. The van der Waals surface area contributed by atoms with E-state index in [9.17, 15) is 17.6 Å². The summed E-state index contributed by atoms with van der Waals surface area (Å²) in [6.07, 6.45) is 4.90. The number of rotatable bonds is 7. The van der Waals surface area contributed by atoms with Gasteiger partial charge >= 0.3 is 6.09 Å². The van der Waals surface area contributed by atoms with Crippen molar-refractivity contribution in [1.82, 2.24) is 14.9 Å². The van der Waals surface area contributed by atoms with E-state index in [1.165, 1.54) is 18.5 Å². The molecule has 3 aliphatic rings. The third-order valence-corrected chi connectivity index (χ3v) is 7.87. The number of nitrogens with zero attached hydrogens (tertiary/aromatic N) is 3. The summed E-state index contributed by atoms with van der Waals surface area (Å²) in [5.41, 5.74) is 0.791. The molecule has 37 heavy (non-hydrogen) atoms. The summed E-state index contributed by atoms with van der Waals surface area (Å²) in [5, 5.41) is 2.95. The van der Waals surface area contributed by atoms with Gasteiger partial charge in [0.1, 0.15) is 29.7 Å². The van der Waals surface area contributed by atoms with E-state index in [0.29, 0.717) is 48.9 Å². The molecule has 200 valence electrons. The highest BCUT2D eigenvalue weighted by molar-refractivity contribution is 7.89. The molecule has 1 saturated carbocycles. The minimum Gasteiger partial charge on any atom is -0.474 e. The number of hydrogen-bond donors (Lipinski definition) is 1. The van der Waals surface area contributed by atoms with Crippen LogP contribution in [-0.2, 0) is 25.1 Å². The van der Waals surface area contributed by atoms with Crippen molar-refractivity contribution in [1.29, 1.82) is 0 Å². The van der Waals surface area contributed by atoms with Crippen LogP contribution >= 0.6 is 0 Å². The Hall–Kier alpha value is -2.99. The molecule has 2 unspecified atom stereocenters. The second-order valence-electron chi connectivity index (χ2n) is 10.4. The molecule has 2 saturated heterocycles. The zero-order valence-electron chi connectivity index (χ0n) is 21.1. The van der Waals surface area contributed by atoms with Crippen molar-refractivity contribution in [3.05, 3.63) is 41.5 Å². The van der Waals surface area contributed by atoms with Crippen LogP contribution in [0.4, 0.5) is 20.7 Å². The van der Waals surface area contributed by atoms with Gasteiger partial charge < -0.3 is 19.5 Å². The highest BCUT2D eigenvalue weighted by Gasteiger charge is 2.48. The zero-order chi connectivity index (χ0) is 26.4. The molecule has 1 N–H and O–H groups in total. The predicted molar refractivity (Wildman–Crippen MR) is 133 cm³/mol. The zero-order valence-corrected chi connectivity index (χ0v) is 21.9. The number of piperidine rings is 1. The maximum atomic E-state index is 14.7. The third-order valence-electron chi connectivity index (χ3n) is 7.01. The van der Waals surface area contributed by atoms with Crippen molar-refractivity contribution < 1.29 is 31.8 Å². The summed E-state index contributed by atoms with van der Waals surface area (Å²) >= 11 is 0. The van der Waals surface area contributed by atoms with Crippen molar-refractivity contribution in [2.45, 2.75) is 69.1 Å². The smallest absolute Gasteiger partial charge is 0.410 e. The van der Waals surface area contributed by atoms with Gasteiger partial charge in [-0.2, -0.15) is 0 Å². The lowest BCUT2D eigenvalue weighted by Crippen LogP contribution is -2.61. The molecule has 10 nitrogen and oxygen atoms in total. The van der Waals surface area contributed by atoms with Gasteiger partial charge in [-0.25, -0.2) is 27.6 Å². The lowest BCUT2D eigenvalue weighted by molar-refractivity contribution is -0.0956. The van der Waals surface area contributed by atoms with Crippen LogP contribution in [0.25, 0.3) is 0 Å². The van der Waals surface area contributed by atoms with E-state index < -0.39 is 15.7 Å². The number of anilines is 2. The van der Waals surface area contributed by atoms with Gasteiger partial charge in [0.2, 0.25) is 5.88 Å². The van der Waals surface area contributed by atoms with Gasteiger partial charge in [0, 0.05) is 19.1 Å². The number of morpholine rings is 1. The maximum absolute atomic E-state index is 14.7. The number of carbonyl (C=O) groups excluding carboxylic acids is 1. The van der Waals surface area contributed by atoms with Crippen molar-refractivity contribution in [2.75, 3.05) is 24.8 Å². The van der Waals surface area contributed by atoms with E-state index in [0.717, 1.165) is 19.1 Å². The van der Waals surface area contributed by atoms with Crippen molar-refractivity contribution in [3.63, 3.8) is 0 Å². The standard InChI is InChI=1S/C25H31FN4O6S/c1-15-22(29-21-5-4-16(8-20(21)26)13-37(3,32)33)27-14-28-23(15)35-19-9-17-11-34-12-18(10-19)30(17)24(31)36-25(2)6-7-25/h4-5,8,14,17-19H,6-7,9-13H2,1-3H3,(H,27,28,29). The Morgan fingerprint density at radius 2 is 1.95 bits per heavy atom. The van der Waals surface area contributed by atoms with Gasteiger partial charge in [0.05, 0.1) is 42.3 Å². The fraction of sp³-hybridized carbons (Fsp3) is 0.560. The van der Waals surface area contributed by atoms with Crippen LogP contribution < -0.4 is 10.1 Å². The van der Waals surface area contributed by atoms with Crippen LogP contribution in [0.5, 0.6) is 5.88 Å². The van der Waals surface area contributed by atoms with Gasteiger partial charge in [-0.3, -0.25) is 4.90 Å². The van der Waals surface area contributed by atoms with E-state index in [4.69, 9.17) is 14.2 Å². The fourth-order valence-corrected chi connectivity index (χ4v) is 5.60. The summed E-state index contributed by atoms with van der Waals surface area (Å²) in [5.74, 6) is -0.0784. The number of halogens is 1. The first-order valence-electron chi connectivity index (χ1n) is 12.3. The Kier molecular flexibility index (Phi) is 6.73. The van der Waals surface area contributed by atoms with Crippen LogP contribution in [0.3, 0.4) is 0 Å². The Morgan fingerprint density at radius 1 is 1.24 bits per heavy atom. The van der Waals surface area contributed by atoms with Gasteiger partial charge in [-0.05, 0) is 44.4 Å². The maximum Gasteiger partial charge on any atom is 0.410 e. The molecular weight excluding hydrogens is 503 g/mol. The summed E-state index contributed by atoms with van der Waals surface area (Å²) in [4.78, 5) is 23.2. The number of fused-ring (bicyclic) bond motifs is 2. The Bertz CT molecular complexity index is 1290. The molecule has 2 atom stereocenters. The highest BCUT2D eigenvalue weighted by atomic mass is 32.2. The molecule has 0 spiro atoms. The lowest BCUT2D eigenvalue weighted by atomic mass is 9.92. The SMILES string of the molecule is Cc1c(Nc2ccc(CS(C)(=O)=O)cc2F)ncnc1OC1CC2COCC(C1)N2C(=O)OC1(C)CC1. The first-order valence-corrected chi connectivity index (χ1v) is 14.4. The second kappa shape index (κ2) is 9.71. The van der Waals surface area contributed by atoms with E-state index in [1.807, 2.05) is 11.8 Å². The van der Waals surface area contributed by atoms with E-state index in [1.54, 1.807) is 13.0 Å². The van der Waals surface area contributed by atoms with Gasteiger partial charge in [0.25, 0.3) is 0 Å². The Labute approximate surface area is 215 Å². The average Bonchev–Trinajstić information content (AvgIpc) is 3.52. The largest absolute Gasteiger partial charge is 0.474 e. The topological polar surface area (TPSA) is 120 Å². The van der Waals surface area contributed by atoms with Gasteiger partial charge in [-0.1, -0.05) is 6.07 Å². The molecule has 2 aliphatic heterocycles. The monoisotopic (exact) mass is 534 g/mol. The lowest BCUT2D eigenvalue weighted by Gasteiger charge is -2.47. The number of aromatic nitrogens is 2. The minimum atomic E-state index is -3.27. The normalized spacial score (nSPS) is 24.3. The summed E-state index contributed by atoms with van der Waals surface area (Å²) in [6.45, 7) is 4.57. The summed E-state index contributed by atoms with van der Waals surface area (Å²) < 4.78 is 55.4. The van der Waals surface area contributed by atoms with Crippen molar-refractivity contribution in [3.8, 4) is 5.88 Å². The average molecular weight is 535 g/mol. The first-order chi connectivity index (χ1) is 17.5. The number of amides is 1. The van der Waals surface area contributed by atoms with Crippen molar-refractivity contribution in [2.24, 2.45) is 0 Å². The van der Waals surface area contributed by atoms with E-state index >= 15 is 0 Å². The first kappa shape index (κ1) is 25.7. The molecule has 3 fully saturated rings. The number of hydrogen-bond acceptors (Lipinski definition) is 9. The molecular formula is C25H31FN4O6S. The Morgan fingerprint density at radius 3 is 2.57 bits per heavy atom. The van der Waals surface area contributed by atoms with Crippen LogP contribution in [0, 0.1) is 12.7 Å². The van der Waals surface area contributed by atoms with Crippen LogP contribution in [-0.4, -0.2) is 72.6 Å². The van der Waals surface area contributed by atoms with Gasteiger partial charge in [-0.15, -0.1) is 0 Å². The summed E-state index contributed by atoms with van der Waals surface area (Å²) in [6, 6.07) is 3.94. The number of ether oxygens (including phenoxy) is 3. The molecule has 12 heteroatoms. The second-order valence-corrected chi connectivity index (χ2v) is 12.6. The Balaban J connectivity index is 1.26. The van der Waals surface area contributed by atoms with Crippen LogP contribution in [0.2, 0.25) is 0 Å². The van der Waals surface area contributed by atoms with E-state index in [-0.39, 0.29) is 41.3 Å². The predicted octanol–water partition coefficient (Wildman–Crippen LogP) is 3.51. The molecule has 0 radical (unpaired) electrons. The molecule has 2 bridgehead atoms. The molecule has 2 aromatic rings. The highest BCUT2D eigenvalue weighted by Crippen LogP contribution is 2.41. The number of sulfone groups is 1. The van der Waals surface area contributed by atoms with Gasteiger partial charge in [0.15, 0.2) is 9.84 Å². The number of benzene rings is 1. The van der Waals surface area contributed by atoms with Crippen molar-refractivity contribution >= 4 is 27.4 Å². The molecule has 5 rings (SSSR count). The van der Waals surface area contributed by atoms with E-state index in [2.05, 4.69) is 15.3 Å². The summed E-state index contributed by atoms with van der Waals surface area (Å²) in [7, 11) is -3.27. The molecule has 3 heterocycles. The molecule has 1 amide bonds. The number of carbonyl (C=O) groups is 1.